The molecule has 3 heterocycles. The largest absolute Gasteiger partial charge is 0.418 e. The van der Waals surface area contributed by atoms with Crippen molar-refractivity contribution in [3.05, 3.63) is 52.2 Å². The van der Waals surface area contributed by atoms with Crippen molar-refractivity contribution in [2.24, 2.45) is 0 Å². The second-order valence-corrected chi connectivity index (χ2v) is 7.01. The monoisotopic (exact) mass is 325 g/mol. The maximum Gasteiger partial charge on any atom is 0.257 e. The number of hydrogen-bond donors (Lipinski definition) is 0. The van der Waals surface area contributed by atoms with Crippen molar-refractivity contribution < 1.29 is 4.42 Å². The molecule has 1 aromatic carbocycles. The smallest absolute Gasteiger partial charge is 0.257 e. The molecule has 0 atom stereocenters. The molecule has 0 amide bonds. The molecule has 0 bridgehead atoms. The third kappa shape index (κ3) is 2.65. The van der Waals surface area contributed by atoms with Gasteiger partial charge in [0.05, 0.1) is 11.4 Å². The number of aryl methyl sites for hydroxylation is 2. The summed E-state index contributed by atoms with van der Waals surface area (Å²) >= 11 is 1.75. The summed E-state index contributed by atoms with van der Waals surface area (Å²) in [6, 6.07) is 10.7. The van der Waals surface area contributed by atoms with Crippen LogP contribution < -0.4 is 4.90 Å². The first-order valence-corrected chi connectivity index (χ1v) is 8.81. The van der Waals surface area contributed by atoms with Gasteiger partial charge in [0.25, 0.3) is 5.89 Å². The normalized spacial score (nSPS) is 13.6. The van der Waals surface area contributed by atoms with Gasteiger partial charge >= 0.3 is 0 Å². The molecule has 4 rings (SSSR count). The van der Waals surface area contributed by atoms with E-state index in [1.165, 1.54) is 21.7 Å². The van der Waals surface area contributed by atoms with Gasteiger partial charge in [0.15, 0.2) is 0 Å². The van der Waals surface area contributed by atoms with E-state index in [1.807, 2.05) is 0 Å². The highest BCUT2D eigenvalue weighted by atomic mass is 32.1. The molecule has 1 aliphatic rings. The van der Waals surface area contributed by atoms with Crippen LogP contribution in [0.1, 0.15) is 28.8 Å². The first kappa shape index (κ1) is 14.5. The van der Waals surface area contributed by atoms with Crippen molar-refractivity contribution in [3.63, 3.8) is 0 Å². The molecule has 0 unspecified atom stereocenters. The third-order valence-corrected chi connectivity index (χ3v) is 5.70. The van der Waals surface area contributed by atoms with Crippen molar-refractivity contribution in [3.8, 4) is 10.8 Å². The molecule has 1 aliphatic heterocycles. The standard InChI is InChI=1S/C18H19N3OS/c1-3-15-12(2)10-16(23-15)18-20-19-17(22-18)11-21-9-8-13-6-4-5-7-14(13)21/h4-7,10H,3,8-9,11H2,1-2H3. The van der Waals surface area contributed by atoms with E-state index in [9.17, 15) is 0 Å². The van der Waals surface area contributed by atoms with Crippen molar-refractivity contribution in [1.82, 2.24) is 10.2 Å². The summed E-state index contributed by atoms with van der Waals surface area (Å²) in [5.74, 6) is 1.32. The number of nitrogens with zero attached hydrogens (tertiary/aromatic N) is 3. The average Bonchev–Trinajstić information content (AvgIpc) is 3.27. The fourth-order valence-electron chi connectivity index (χ4n) is 3.13. The van der Waals surface area contributed by atoms with E-state index >= 15 is 0 Å². The summed E-state index contributed by atoms with van der Waals surface area (Å²) in [5.41, 5.74) is 3.99. The molecular weight excluding hydrogens is 306 g/mol. The Hall–Kier alpha value is -2.14. The number of rotatable bonds is 4. The van der Waals surface area contributed by atoms with Crippen LogP contribution in [0.25, 0.3) is 10.8 Å². The predicted octanol–water partition coefficient (Wildman–Crippen LogP) is 4.23. The Morgan fingerprint density at radius 1 is 1.26 bits per heavy atom. The molecule has 0 aliphatic carbocycles. The molecule has 0 spiro atoms. The van der Waals surface area contributed by atoms with Crippen LogP contribution in [0.5, 0.6) is 0 Å². The molecule has 5 heteroatoms. The Morgan fingerprint density at radius 3 is 2.96 bits per heavy atom. The molecule has 0 N–H and O–H groups in total. The molecule has 4 nitrogen and oxygen atoms in total. The molecular formula is C18H19N3OS. The van der Waals surface area contributed by atoms with Crippen LogP contribution in [0.2, 0.25) is 0 Å². The fourth-order valence-corrected chi connectivity index (χ4v) is 4.16. The Morgan fingerprint density at radius 2 is 2.13 bits per heavy atom. The lowest BCUT2D eigenvalue weighted by atomic mass is 10.2. The van der Waals surface area contributed by atoms with Gasteiger partial charge in [-0.25, -0.2) is 0 Å². The second-order valence-electron chi connectivity index (χ2n) is 5.87. The molecule has 0 fully saturated rings. The summed E-state index contributed by atoms with van der Waals surface area (Å²) < 4.78 is 5.91. The van der Waals surface area contributed by atoms with Crippen LogP contribution in [-0.4, -0.2) is 16.7 Å². The zero-order valence-electron chi connectivity index (χ0n) is 13.4. The first-order chi connectivity index (χ1) is 11.2. The van der Waals surface area contributed by atoms with Gasteiger partial charge < -0.3 is 9.32 Å². The van der Waals surface area contributed by atoms with Crippen LogP contribution in [0.15, 0.2) is 34.7 Å². The summed E-state index contributed by atoms with van der Waals surface area (Å²) in [5, 5.41) is 8.48. The average molecular weight is 325 g/mol. The number of aromatic nitrogens is 2. The number of benzene rings is 1. The van der Waals surface area contributed by atoms with Crippen LogP contribution in [0.3, 0.4) is 0 Å². The number of para-hydroxylation sites is 1. The van der Waals surface area contributed by atoms with Gasteiger partial charge in [0, 0.05) is 17.1 Å². The van der Waals surface area contributed by atoms with E-state index in [1.54, 1.807) is 11.3 Å². The van der Waals surface area contributed by atoms with Gasteiger partial charge in [-0.3, -0.25) is 0 Å². The van der Waals surface area contributed by atoms with E-state index in [-0.39, 0.29) is 0 Å². The zero-order valence-corrected chi connectivity index (χ0v) is 14.2. The number of anilines is 1. The number of fused-ring (bicyclic) bond motifs is 1. The predicted molar refractivity (Wildman–Crippen MR) is 92.9 cm³/mol. The highest BCUT2D eigenvalue weighted by Gasteiger charge is 2.21. The molecule has 0 saturated carbocycles. The SMILES string of the molecule is CCc1sc(-c2nnc(CN3CCc4ccccc43)o2)cc1C. The van der Waals surface area contributed by atoms with Gasteiger partial charge in [-0.05, 0) is 43.0 Å². The van der Waals surface area contributed by atoms with Gasteiger partial charge in [-0.15, -0.1) is 21.5 Å². The third-order valence-electron chi connectivity index (χ3n) is 4.33. The van der Waals surface area contributed by atoms with Gasteiger partial charge in [-0.1, -0.05) is 25.1 Å². The molecule has 118 valence electrons. The summed E-state index contributed by atoms with van der Waals surface area (Å²) in [6.45, 7) is 5.99. The van der Waals surface area contributed by atoms with E-state index in [4.69, 9.17) is 4.42 Å². The lowest BCUT2D eigenvalue weighted by Crippen LogP contribution is -2.19. The summed E-state index contributed by atoms with van der Waals surface area (Å²) in [4.78, 5) is 4.76. The maximum atomic E-state index is 5.91. The van der Waals surface area contributed by atoms with Gasteiger partial charge in [-0.2, -0.15) is 0 Å². The molecule has 0 saturated heterocycles. The highest BCUT2D eigenvalue weighted by molar-refractivity contribution is 7.15. The number of hydrogen-bond acceptors (Lipinski definition) is 5. The Labute approximate surface area is 139 Å². The van der Waals surface area contributed by atoms with E-state index < -0.39 is 0 Å². The Bertz CT molecular complexity index is 836. The summed E-state index contributed by atoms with van der Waals surface area (Å²) in [6.07, 6.45) is 2.13. The van der Waals surface area contributed by atoms with Crippen molar-refractivity contribution >= 4 is 17.0 Å². The zero-order chi connectivity index (χ0) is 15.8. The minimum atomic E-state index is 0.639. The van der Waals surface area contributed by atoms with E-state index in [2.05, 4.69) is 59.3 Å². The summed E-state index contributed by atoms with van der Waals surface area (Å²) in [7, 11) is 0. The van der Waals surface area contributed by atoms with E-state index in [0.717, 1.165) is 24.3 Å². The Kier molecular flexibility index (Phi) is 3.65. The molecule has 0 radical (unpaired) electrons. The van der Waals surface area contributed by atoms with Crippen LogP contribution in [0, 0.1) is 6.92 Å². The fraction of sp³-hybridized carbons (Fsp3) is 0.333. The van der Waals surface area contributed by atoms with Gasteiger partial charge in [0.2, 0.25) is 5.89 Å². The quantitative estimate of drug-likeness (QED) is 0.720. The highest BCUT2D eigenvalue weighted by Crippen LogP contribution is 2.32. The molecule has 23 heavy (non-hydrogen) atoms. The second kappa shape index (κ2) is 5.81. The van der Waals surface area contributed by atoms with Crippen molar-refractivity contribution in [2.45, 2.75) is 33.2 Å². The van der Waals surface area contributed by atoms with E-state index in [0.29, 0.717) is 18.3 Å². The van der Waals surface area contributed by atoms with Crippen LogP contribution >= 0.6 is 11.3 Å². The molecule has 2 aromatic heterocycles. The first-order valence-electron chi connectivity index (χ1n) is 7.99. The minimum absolute atomic E-state index is 0.639. The van der Waals surface area contributed by atoms with Gasteiger partial charge in [0.1, 0.15) is 0 Å². The lowest BCUT2D eigenvalue weighted by molar-refractivity contribution is 0.501. The molecule has 3 aromatic rings. The van der Waals surface area contributed by atoms with Crippen molar-refractivity contribution in [2.75, 3.05) is 11.4 Å². The van der Waals surface area contributed by atoms with Crippen LogP contribution in [0.4, 0.5) is 5.69 Å². The topological polar surface area (TPSA) is 42.2 Å². The lowest BCUT2D eigenvalue weighted by Gasteiger charge is -2.16. The maximum absolute atomic E-state index is 5.91. The van der Waals surface area contributed by atoms with Crippen molar-refractivity contribution in [1.29, 1.82) is 0 Å². The number of thiophene rings is 1. The Balaban J connectivity index is 1.55. The van der Waals surface area contributed by atoms with Crippen LogP contribution in [-0.2, 0) is 19.4 Å². The minimum Gasteiger partial charge on any atom is -0.418 e.